The molecule has 0 fully saturated rings. The fraction of sp³-hybridized carbons (Fsp3) is 0.538. The topological polar surface area (TPSA) is 0 Å². The Hall–Kier alpha value is -0.140. The van der Waals surface area contributed by atoms with Gasteiger partial charge < -0.3 is 0 Å². The zero-order valence-corrected chi connectivity index (χ0v) is 10.7. The molecule has 1 atom stereocenters. The maximum Gasteiger partial charge on any atom is 0.0340 e. The van der Waals surface area contributed by atoms with E-state index in [1.165, 1.54) is 24.8 Å². The summed E-state index contributed by atoms with van der Waals surface area (Å²) in [6.07, 6.45) is 3.89. The van der Waals surface area contributed by atoms with Crippen LogP contribution in [0.15, 0.2) is 18.2 Å². The van der Waals surface area contributed by atoms with E-state index in [4.69, 9.17) is 11.6 Å². The summed E-state index contributed by atoms with van der Waals surface area (Å²) in [5.41, 5.74) is 4.60. The number of halogens is 1. The molecule has 1 aliphatic carbocycles. The molecule has 0 amide bonds. The minimum absolute atomic E-state index is 0.555. The number of alkyl halides is 1. The highest BCUT2D eigenvalue weighted by Gasteiger charge is 2.11. The number of benzene rings is 1. The lowest BCUT2D eigenvalue weighted by Crippen LogP contribution is -1.98. The van der Waals surface area contributed by atoms with Gasteiger partial charge in [0.15, 0.2) is 0 Å². The summed E-state index contributed by atoms with van der Waals surface area (Å²) in [6, 6.07) is 6.97. The first-order valence-corrected chi connectivity index (χ1v) is 7.16. The predicted molar refractivity (Wildman–Crippen MR) is 69.9 cm³/mol. The Balaban J connectivity index is 1.98. The third-order valence-corrected chi connectivity index (χ3v) is 4.80. The monoisotopic (exact) mass is 240 g/mol. The first-order chi connectivity index (χ1) is 7.29. The van der Waals surface area contributed by atoms with Crippen LogP contribution in [-0.4, -0.2) is 11.1 Å². The van der Waals surface area contributed by atoms with E-state index >= 15 is 0 Å². The van der Waals surface area contributed by atoms with Gasteiger partial charge in [-0.15, -0.1) is 11.6 Å². The molecular weight excluding hydrogens is 224 g/mol. The van der Waals surface area contributed by atoms with Crippen LogP contribution in [0.5, 0.6) is 0 Å². The zero-order valence-electron chi connectivity index (χ0n) is 9.13. The number of hydrogen-bond donors (Lipinski definition) is 0. The molecule has 1 aromatic rings. The first-order valence-electron chi connectivity index (χ1n) is 5.58. The second-order valence-electron chi connectivity index (χ2n) is 4.23. The highest BCUT2D eigenvalue weighted by atomic mass is 35.5. The van der Waals surface area contributed by atoms with Gasteiger partial charge in [-0.05, 0) is 36.0 Å². The van der Waals surface area contributed by atoms with Crippen molar-refractivity contribution in [2.45, 2.75) is 37.2 Å². The molecule has 1 aromatic carbocycles. The fourth-order valence-corrected chi connectivity index (χ4v) is 3.01. The second kappa shape index (κ2) is 5.27. The average Bonchev–Trinajstić information content (AvgIpc) is 2.72. The molecule has 0 nitrogen and oxygen atoms in total. The van der Waals surface area contributed by atoms with Gasteiger partial charge >= 0.3 is 0 Å². The van der Waals surface area contributed by atoms with Gasteiger partial charge in [0.25, 0.3) is 0 Å². The minimum Gasteiger partial charge on any atom is -0.153 e. The molecule has 0 radical (unpaired) electrons. The van der Waals surface area contributed by atoms with Crippen LogP contribution >= 0.6 is 23.4 Å². The third-order valence-electron chi connectivity index (χ3n) is 2.91. The van der Waals surface area contributed by atoms with Gasteiger partial charge in [-0.1, -0.05) is 25.1 Å². The van der Waals surface area contributed by atoms with Crippen molar-refractivity contribution in [2.24, 2.45) is 0 Å². The molecule has 0 aromatic heterocycles. The van der Waals surface area contributed by atoms with Crippen LogP contribution in [0.3, 0.4) is 0 Å². The highest BCUT2D eigenvalue weighted by molar-refractivity contribution is 7.99. The molecule has 0 spiro atoms. The maximum atomic E-state index is 5.79. The molecule has 15 heavy (non-hydrogen) atoms. The highest BCUT2D eigenvalue weighted by Crippen LogP contribution is 2.25. The lowest BCUT2D eigenvalue weighted by molar-refractivity contribution is 0.911. The third kappa shape index (κ3) is 2.92. The SMILES string of the molecule is CC(CCl)SCc1ccc2c(c1)CCC2. The van der Waals surface area contributed by atoms with Crippen LogP contribution < -0.4 is 0 Å². The van der Waals surface area contributed by atoms with Crippen LogP contribution in [0.1, 0.15) is 30.0 Å². The smallest absolute Gasteiger partial charge is 0.0340 e. The van der Waals surface area contributed by atoms with Crippen molar-refractivity contribution in [3.63, 3.8) is 0 Å². The van der Waals surface area contributed by atoms with E-state index in [0.29, 0.717) is 5.25 Å². The van der Waals surface area contributed by atoms with Crippen molar-refractivity contribution in [3.8, 4) is 0 Å². The molecule has 2 rings (SSSR count). The molecule has 0 saturated heterocycles. The minimum atomic E-state index is 0.555. The molecule has 0 N–H and O–H groups in total. The summed E-state index contributed by atoms with van der Waals surface area (Å²) in [5, 5.41) is 0.555. The summed E-state index contributed by atoms with van der Waals surface area (Å²) >= 11 is 7.73. The van der Waals surface area contributed by atoms with E-state index < -0.39 is 0 Å². The Bertz CT molecular complexity index is 335. The summed E-state index contributed by atoms with van der Waals surface area (Å²) in [5.74, 6) is 1.84. The van der Waals surface area contributed by atoms with Crippen LogP contribution in [0.25, 0.3) is 0 Å². The largest absolute Gasteiger partial charge is 0.153 e. The molecular formula is C13H17ClS. The van der Waals surface area contributed by atoms with Crippen molar-refractivity contribution >= 4 is 23.4 Å². The van der Waals surface area contributed by atoms with Gasteiger partial charge in [-0.25, -0.2) is 0 Å². The Morgan fingerprint density at radius 3 is 2.93 bits per heavy atom. The number of hydrogen-bond acceptors (Lipinski definition) is 1. The van der Waals surface area contributed by atoms with Gasteiger partial charge in [0.05, 0.1) is 0 Å². The summed E-state index contributed by atoms with van der Waals surface area (Å²) in [7, 11) is 0. The van der Waals surface area contributed by atoms with E-state index in [0.717, 1.165) is 11.6 Å². The molecule has 0 aliphatic heterocycles. The van der Waals surface area contributed by atoms with Gasteiger partial charge in [0, 0.05) is 16.9 Å². The lowest BCUT2D eigenvalue weighted by Gasteiger charge is -2.08. The Kier molecular flexibility index (Phi) is 3.99. The van der Waals surface area contributed by atoms with Crippen LogP contribution in [0.2, 0.25) is 0 Å². The molecule has 1 unspecified atom stereocenters. The maximum absolute atomic E-state index is 5.79. The fourth-order valence-electron chi connectivity index (χ4n) is 2.00. The van der Waals surface area contributed by atoms with E-state index in [1.54, 1.807) is 11.1 Å². The summed E-state index contributed by atoms with van der Waals surface area (Å²) < 4.78 is 0. The summed E-state index contributed by atoms with van der Waals surface area (Å²) in [6.45, 7) is 2.19. The van der Waals surface area contributed by atoms with Gasteiger partial charge in [-0.3, -0.25) is 0 Å². The van der Waals surface area contributed by atoms with Gasteiger partial charge in [0.1, 0.15) is 0 Å². The normalized spacial score (nSPS) is 16.4. The number of aryl methyl sites for hydroxylation is 2. The standard InChI is InChI=1S/C13H17ClS/c1-10(8-14)15-9-11-5-6-12-3-2-4-13(12)7-11/h5-7,10H,2-4,8-9H2,1H3. The van der Waals surface area contributed by atoms with Crippen molar-refractivity contribution in [1.29, 1.82) is 0 Å². The van der Waals surface area contributed by atoms with Crippen LogP contribution in [0.4, 0.5) is 0 Å². The Morgan fingerprint density at radius 1 is 1.33 bits per heavy atom. The van der Waals surface area contributed by atoms with E-state index in [1.807, 2.05) is 11.8 Å². The quantitative estimate of drug-likeness (QED) is 0.716. The molecule has 0 saturated carbocycles. The average molecular weight is 241 g/mol. The first kappa shape index (κ1) is 11.3. The molecule has 1 aliphatic rings. The van der Waals surface area contributed by atoms with E-state index in [9.17, 15) is 0 Å². The van der Waals surface area contributed by atoms with E-state index in [-0.39, 0.29) is 0 Å². The number of rotatable bonds is 4. The van der Waals surface area contributed by atoms with Gasteiger partial charge in [0.2, 0.25) is 0 Å². The van der Waals surface area contributed by atoms with Crippen molar-refractivity contribution < 1.29 is 0 Å². The second-order valence-corrected chi connectivity index (χ2v) is 5.97. The van der Waals surface area contributed by atoms with Crippen LogP contribution in [-0.2, 0) is 18.6 Å². The summed E-state index contributed by atoms with van der Waals surface area (Å²) in [4.78, 5) is 0. The molecule has 82 valence electrons. The Labute approximate surface area is 101 Å². The molecule has 2 heteroatoms. The van der Waals surface area contributed by atoms with Crippen LogP contribution in [0, 0.1) is 0 Å². The molecule has 0 heterocycles. The van der Waals surface area contributed by atoms with E-state index in [2.05, 4.69) is 25.1 Å². The van der Waals surface area contributed by atoms with Gasteiger partial charge in [-0.2, -0.15) is 11.8 Å². The number of thioether (sulfide) groups is 1. The van der Waals surface area contributed by atoms with Crippen molar-refractivity contribution in [1.82, 2.24) is 0 Å². The lowest BCUT2D eigenvalue weighted by atomic mass is 10.1. The Morgan fingerprint density at radius 2 is 2.13 bits per heavy atom. The van der Waals surface area contributed by atoms with Crippen molar-refractivity contribution in [2.75, 3.05) is 5.88 Å². The zero-order chi connectivity index (χ0) is 10.7. The molecule has 0 bridgehead atoms. The number of fused-ring (bicyclic) bond motifs is 1. The predicted octanol–water partition coefficient (Wildman–Crippen LogP) is 4.04. The van der Waals surface area contributed by atoms with Crippen molar-refractivity contribution in [3.05, 3.63) is 34.9 Å².